The molecule has 68 valence electrons. The summed E-state index contributed by atoms with van der Waals surface area (Å²) in [5.41, 5.74) is 5.96. The van der Waals surface area contributed by atoms with Crippen LogP contribution in [0.1, 0.15) is 33.5 Å². The minimum Gasteiger partial charge on any atom is -0.396 e. The van der Waals surface area contributed by atoms with Crippen molar-refractivity contribution < 1.29 is 6.53 Å². The minimum absolute atomic E-state index is 0. The van der Waals surface area contributed by atoms with Gasteiger partial charge in [-0.25, -0.2) is 0 Å². The summed E-state index contributed by atoms with van der Waals surface area (Å²) in [5, 5.41) is 8.58. The zero-order chi connectivity index (χ0) is 8.53. The van der Waals surface area contributed by atoms with E-state index >= 15 is 0 Å². The maximum atomic E-state index is 8.58. The summed E-state index contributed by atoms with van der Waals surface area (Å²) in [6, 6.07) is 0. The van der Waals surface area contributed by atoms with Crippen LogP contribution in [-0.4, -0.2) is 18.8 Å². The number of aliphatic hydroxyl groups is 1. The van der Waals surface area contributed by atoms with Crippen molar-refractivity contribution in [2.24, 2.45) is 5.73 Å². The molecule has 0 saturated carbocycles. The number of rotatable bonds is 2. The lowest BCUT2D eigenvalue weighted by atomic mass is 9.98. The number of allylic oxidation sites excluding steroid dienone is 1. The summed E-state index contributed by atoms with van der Waals surface area (Å²) in [7, 11) is 1.50. The first-order valence-electron chi connectivity index (χ1n) is 4.30. The molecule has 0 unspecified atom stereocenters. The second kappa shape index (κ2) is 7.76. The Morgan fingerprint density at radius 2 is 2.27 bits per heavy atom. The molecule has 0 aliphatic heterocycles. The standard InChI is InChI=1S/C8H14O.CH5N.H2/c9-7-6-8-4-2-1-3-5-8;1-2;/h4,9H,1-3,5-7H2;2H2,1H3;1H. The largest absolute Gasteiger partial charge is 0.396 e. The summed E-state index contributed by atoms with van der Waals surface area (Å²) in [4.78, 5) is 0. The first-order chi connectivity index (χ1) is 5.43. The Hall–Kier alpha value is -0.340. The van der Waals surface area contributed by atoms with Gasteiger partial charge in [0.15, 0.2) is 0 Å². The van der Waals surface area contributed by atoms with Crippen molar-refractivity contribution in [3.8, 4) is 0 Å². The summed E-state index contributed by atoms with van der Waals surface area (Å²) < 4.78 is 0. The van der Waals surface area contributed by atoms with E-state index in [1.165, 1.54) is 38.3 Å². The van der Waals surface area contributed by atoms with Crippen LogP contribution in [0.2, 0.25) is 0 Å². The minimum atomic E-state index is 0. The van der Waals surface area contributed by atoms with Crippen LogP contribution in [0, 0.1) is 0 Å². The average Bonchev–Trinajstić information content (AvgIpc) is 2.11. The van der Waals surface area contributed by atoms with Gasteiger partial charge in [0.25, 0.3) is 0 Å². The Bertz CT molecular complexity index is 115. The molecule has 1 aliphatic carbocycles. The molecule has 0 fully saturated rings. The van der Waals surface area contributed by atoms with Gasteiger partial charge in [-0.2, -0.15) is 0 Å². The average molecular weight is 159 g/mol. The highest BCUT2D eigenvalue weighted by atomic mass is 16.2. The third-order valence-corrected chi connectivity index (χ3v) is 1.82. The van der Waals surface area contributed by atoms with Crippen LogP contribution >= 0.6 is 0 Å². The van der Waals surface area contributed by atoms with Gasteiger partial charge < -0.3 is 10.8 Å². The highest BCUT2D eigenvalue weighted by Gasteiger charge is 2.00. The van der Waals surface area contributed by atoms with E-state index in [-0.39, 0.29) is 1.43 Å². The van der Waals surface area contributed by atoms with Gasteiger partial charge in [-0.05, 0) is 39.2 Å². The van der Waals surface area contributed by atoms with Crippen molar-refractivity contribution >= 4 is 0 Å². The van der Waals surface area contributed by atoms with Crippen molar-refractivity contribution in [1.29, 1.82) is 0 Å². The monoisotopic (exact) mass is 159 g/mol. The maximum absolute atomic E-state index is 8.58. The third kappa shape index (κ3) is 4.99. The maximum Gasteiger partial charge on any atom is 0.0468 e. The lowest BCUT2D eigenvalue weighted by Gasteiger charge is -2.10. The van der Waals surface area contributed by atoms with Crippen molar-refractivity contribution in [1.82, 2.24) is 0 Å². The Morgan fingerprint density at radius 1 is 1.55 bits per heavy atom. The fourth-order valence-corrected chi connectivity index (χ4v) is 1.28. The van der Waals surface area contributed by atoms with Crippen molar-refractivity contribution in [2.45, 2.75) is 32.1 Å². The van der Waals surface area contributed by atoms with Crippen LogP contribution in [0.4, 0.5) is 0 Å². The third-order valence-electron chi connectivity index (χ3n) is 1.82. The zero-order valence-electron chi connectivity index (χ0n) is 7.34. The molecule has 0 aromatic rings. The van der Waals surface area contributed by atoms with E-state index in [1.807, 2.05) is 0 Å². The number of hydrogen-bond acceptors (Lipinski definition) is 2. The molecular formula is C9H21NO. The van der Waals surface area contributed by atoms with Crippen molar-refractivity contribution in [3.63, 3.8) is 0 Å². The van der Waals surface area contributed by atoms with Crippen LogP contribution in [0.3, 0.4) is 0 Å². The highest BCUT2D eigenvalue weighted by molar-refractivity contribution is 5.04. The van der Waals surface area contributed by atoms with Gasteiger partial charge in [0.2, 0.25) is 0 Å². The quantitative estimate of drug-likeness (QED) is 0.602. The summed E-state index contributed by atoms with van der Waals surface area (Å²) in [5.74, 6) is 0. The smallest absolute Gasteiger partial charge is 0.0468 e. The molecular weight excluding hydrogens is 138 g/mol. The Balaban J connectivity index is 0. The van der Waals surface area contributed by atoms with E-state index in [1.54, 1.807) is 0 Å². The highest BCUT2D eigenvalue weighted by Crippen LogP contribution is 2.19. The summed E-state index contributed by atoms with van der Waals surface area (Å²) in [6.45, 7) is 0.325. The van der Waals surface area contributed by atoms with E-state index in [9.17, 15) is 0 Å². The van der Waals surface area contributed by atoms with Gasteiger partial charge in [-0.15, -0.1) is 0 Å². The van der Waals surface area contributed by atoms with Crippen LogP contribution in [0.25, 0.3) is 0 Å². The van der Waals surface area contributed by atoms with E-state index in [0.29, 0.717) is 6.61 Å². The predicted octanol–water partition coefficient (Wildman–Crippen LogP) is 1.69. The first kappa shape index (κ1) is 10.7. The van der Waals surface area contributed by atoms with Crippen LogP contribution < -0.4 is 5.73 Å². The molecule has 0 radical (unpaired) electrons. The van der Waals surface area contributed by atoms with E-state index < -0.39 is 0 Å². The Kier molecular flexibility index (Phi) is 7.52. The number of hydrogen-bond donors (Lipinski definition) is 2. The normalized spacial score (nSPS) is 16.5. The second-order valence-electron chi connectivity index (χ2n) is 2.58. The molecule has 2 nitrogen and oxygen atoms in total. The SMILES string of the molecule is CN.OCCC1=CCCCC1.[HH]. The molecule has 0 amide bonds. The van der Waals surface area contributed by atoms with Crippen molar-refractivity contribution in [3.05, 3.63) is 11.6 Å². The Labute approximate surface area is 70.6 Å². The summed E-state index contributed by atoms with van der Waals surface area (Å²) in [6.07, 6.45) is 8.30. The van der Waals surface area contributed by atoms with Gasteiger partial charge in [0.1, 0.15) is 0 Å². The predicted molar refractivity (Wildman–Crippen MR) is 50.5 cm³/mol. The summed E-state index contributed by atoms with van der Waals surface area (Å²) >= 11 is 0. The van der Waals surface area contributed by atoms with Gasteiger partial charge in [0.05, 0.1) is 0 Å². The second-order valence-corrected chi connectivity index (χ2v) is 2.58. The fourth-order valence-electron chi connectivity index (χ4n) is 1.28. The van der Waals surface area contributed by atoms with E-state index in [4.69, 9.17) is 5.11 Å². The van der Waals surface area contributed by atoms with Gasteiger partial charge >= 0.3 is 0 Å². The van der Waals surface area contributed by atoms with Crippen LogP contribution in [-0.2, 0) is 0 Å². The molecule has 0 atom stereocenters. The van der Waals surface area contributed by atoms with E-state index in [2.05, 4.69) is 11.8 Å². The molecule has 1 aliphatic rings. The molecule has 0 bridgehead atoms. The van der Waals surface area contributed by atoms with E-state index in [0.717, 1.165) is 6.42 Å². The first-order valence-corrected chi connectivity index (χ1v) is 4.30. The lowest BCUT2D eigenvalue weighted by molar-refractivity contribution is 0.297. The zero-order valence-corrected chi connectivity index (χ0v) is 7.34. The van der Waals surface area contributed by atoms with Gasteiger partial charge in [-0.3, -0.25) is 0 Å². The molecule has 0 aromatic heterocycles. The molecule has 3 N–H and O–H groups in total. The molecule has 0 spiro atoms. The van der Waals surface area contributed by atoms with Crippen LogP contribution in [0.15, 0.2) is 11.6 Å². The molecule has 0 saturated heterocycles. The molecule has 1 rings (SSSR count). The lowest BCUT2D eigenvalue weighted by Crippen LogP contribution is -1.93. The fraction of sp³-hybridized carbons (Fsp3) is 0.778. The molecule has 0 aromatic carbocycles. The van der Waals surface area contributed by atoms with Crippen molar-refractivity contribution in [2.75, 3.05) is 13.7 Å². The number of nitrogens with two attached hydrogens (primary N) is 1. The number of aliphatic hydroxyl groups excluding tert-OH is 1. The Morgan fingerprint density at radius 3 is 2.73 bits per heavy atom. The van der Waals surface area contributed by atoms with Crippen LogP contribution in [0.5, 0.6) is 0 Å². The molecule has 0 heterocycles. The topological polar surface area (TPSA) is 46.2 Å². The molecule has 2 heteroatoms. The molecule has 11 heavy (non-hydrogen) atoms. The van der Waals surface area contributed by atoms with Gasteiger partial charge in [-0.1, -0.05) is 11.6 Å². The van der Waals surface area contributed by atoms with Gasteiger partial charge in [0, 0.05) is 8.03 Å².